The van der Waals surface area contributed by atoms with Gasteiger partial charge in [-0.15, -0.1) is 0 Å². The number of benzene rings is 1. The maximum Gasteiger partial charge on any atom is 0.153 e. The van der Waals surface area contributed by atoms with Crippen molar-refractivity contribution in [2.24, 2.45) is 0 Å². The van der Waals surface area contributed by atoms with Gasteiger partial charge < -0.3 is 0 Å². The van der Waals surface area contributed by atoms with Crippen molar-refractivity contribution in [2.45, 2.75) is 33.7 Å². The van der Waals surface area contributed by atoms with Crippen LogP contribution in [0.3, 0.4) is 0 Å². The molecule has 0 amide bonds. The van der Waals surface area contributed by atoms with Crippen LogP contribution in [0.2, 0.25) is 0 Å². The van der Waals surface area contributed by atoms with E-state index in [1.807, 2.05) is 43.8 Å². The number of rotatable bonds is 3. The van der Waals surface area contributed by atoms with Gasteiger partial charge >= 0.3 is 0 Å². The molecule has 0 aliphatic rings. The Labute approximate surface area is 107 Å². The van der Waals surface area contributed by atoms with Gasteiger partial charge in [0.05, 0.1) is 5.56 Å². The molecule has 3 heteroatoms. The van der Waals surface area contributed by atoms with Crippen LogP contribution >= 0.6 is 0 Å². The first-order valence-corrected chi connectivity index (χ1v) is 6.15. The third-order valence-corrected chi connectivity index (χ3v) is 3.05. The van der Waals surface area contributed by atoms with Crippen LogP contribution in [0.4, 0.5) is 0 Å². The molecule has 0 atom stereocenters. The fourth-order valence-corrected chi connectivity index (χ4v) is 2.05. The SMILES string of the molecule is Cc1ccc(-c2nn(C(C)C)cc2C=O)c(C)c1. The van der Waals surface area contributed by atoms with Gasteiger partial charge in [-0.3, -0.25) is 9.48 Å². The summed E-state index contributed by atoms with van der Waals surface area (Å²) in [5.41, 5.74) is 4.81. The minimum atomic E-state index is 0.253. The Bertz CT molecular complexity index is 582. The Morgan fingerprint density at radius 3 is 2.56 bits per heavy atom. The van der Waals surface area contributed by atoms with Gasteiger partial charge in [0.1, 0.15) is 5.69 Å². The van der Waals surface area contributed by atoms with E-state index in [1.54, 1.807) is 0 Å². The van der Waals surface area contributed by atoms with E-state index >= 15 is 0 Å². The number of aryl methyl sites for hydroxylation is 2. The molecule has 0 fully saturated rings. The lowest BCUT2D eigenvalue weighted by Gasteiger charge is -2.06. The van der Waals surface area contributed by atoms with Crippen molar-refractivity contribution >= 4 is 6.29 Å². The van der Waals surface area contributed by atoms with E-state index in [9.17, 15) is 4.79 Å². The Hall–Kier alpha value is -1.90. The van der Waals surface area contributed by atoms with Gasteiger partial charge in [-0.1, -0.05) is 23.8 Å². The Kier molecular flexibility index (Phi) is 3.32. The molecule has 0 saturated heterocycles. The highest BCUT2D eigenvalue weighted by molar-refractivity contribution is 5.86. The van der Waals surface area contributed by atoms with Gasteiger partial charge in [-0.2, -0.15) is 5.10 Å². The lowest BCUT2D eigenvalue weighted by Crippen LogP contribution is -2.00. The van der Waals surface area contributed by atoms with E-state index < -0.39 is 0 Å². The van der Waals surface area contributed by atoms with E-state index in [0.717, 1.165) is 23.1 Å². The summed E-state index contributed by atoms with van der Waals surface area (Å²) in [6.07, 6.45) is 2.69. The average molecular weight is 242 g/mol. The zero-order chi connectivity index (χ0) is 13.3. The molecule has 18 heavy (non-hydrogen) atoms. The van der Waals surface area contributed by atoms with Gasteiger partial charge in [0.15, 0.2) is 6.29 Å². The fourth-order valence-electron chi connectivity index (χ4n) is 2.05. The van der Waals surface area contributed by atoms with Crippen molar-refractivity contribution < 1.29 is 4.79 Å². The van der Waals surface area contributed by atoms with Crippen molar-refractivity contribution in [3.8, 4) is 11.3 Å². The number of nitrogens with zero attached hydrogens (tertiary/aromatic N) is 2. The molecule has 0 bridgehead atoms. The predicted octanol–water partition coefficient (Wildman–Crippen LogP) is 3.56. The molecule has 2 rings (SSSR count). The second-order valence-electron chi connectivity index (χ2n) is 4.94. The van der Waals surface area contributed by atoms with Crippen LogP contribution in [0, 0.1) is 13.8 Å². The standard InChI is InChI=1S/C15H18N2O/c1-10(2)17-8-13(9-18)15(16-17)14-6-5-11(3)7-12(14)4/h5-10H,1-4H3. The van der Waals surface area contributed by atoms with Gasteiger partial charge in [0.25, 0.3) is 0 Å². The molecular weight excluding hydrogens is 224 g/mol. The quantitative estimate of drug-likeness (QED) is 0.771. The fraction of sp³-hybridized carbons (Fsp3) is 0.333. The third-order valence-electron chi connectivity index (χ3n) is 3.05. The van der Waals surface area contributed by atoms with Crippen LogP contribution < -0.4 is 0 Å². The Morgan fingerprint density at radius 2 is 2.00 bits per heavy atom. The number of aldehydes is 1. The third kappa shape index (κ3) is 2.21. The summed E-state index contributed by atoms with van der Waals surface area (Å²) in [6, 6.07) is 6.44. The van der Waals surface area contributed by atoms with Gasteiger partial charge in [0, 0.05) is 17.8 Å². The maximum absolute atomic E-state index is 11.2. The number of aromatic nitrogens is 2. The minimum Gasteiger partial charge on any atom is -0.298 e. The van der Waals surface area contributed by atoms with E-state index in [2.05, 4.69) is 18.1 Å². The molecule has 0 saturated carbocycles. The van der Waals surface area contributed by atoms with Crippen molar-refractivity contribution in [3.63, 3.8) is 0 Å². The van der Waals surface area contributed by atoms with Crippen LogP contribution in [0.1, 0.15) is 41.4 Å². The highest BCUT2D eigenvalue weighted by Gasteiger charge is 2.13. The van der Waals surface area contributed by atoms with Crippen molar-refractivity contribution in [3.05, 3.63) is 41.1 Å². The number of carbonyl (C=O) groups excluding carboxylic acids is 1. The average Bonchev–Trinajstić information content (AvgIpc) is 2.73. The minimum absolute atomic E-state index is 0.253. The first-order valence-electron chi connectivity index (χ1n) is 6.15. The summed E-state index contributed by atoms with van der Waals surface area (Å²) in [4.78, 5) is 11.2. The Balaban J connectivity index is 2.59. The van der Waals surface area contributed by atoms with Crippen molar-refractivity contribution in [1.29, 1.82) is 0 Å². The number of carbonyl (C=O) groups is 1. The maximum atomic E-state index is 11.2. The largest absolute Gasteiger partial charge is 0.298 e. The normalized spacial score (nSPS) is 10.9. The zero-order valence-corrected chi connectivity index (χ0v) is 11.3. The number of hydrogen-bond donors (Lipinski definition) is 0. The summed E-state index contributed by atoms with van der Waals surface area (Å²) in [6.45, 7) is 8.20. The molecule has 1 aromatic heterocycles. The molecule has 0 N–H and O–H groups in total. The van der Waals surface area contributed by atoms with Gasteiger partial charge in [-0.05, 0) is 33.3 Å². The van der Waals surface area contributed by atoms with Crippen LogP contribution in [-0.4, -0.2) is 16.1 Å². The summed E-state index contributed by atoms with van der Waals surface area (Å²) in [5.74, 6) is 0. The molecule has 1 aromatic carbocycles. The second kappa shape index (κ2) is 4.77. The summed E-state index contributed by atoms with van der Waals surface area (Å²) in [5, 5.41) is 4.53. The highest BCUT2D eigenvalue weighted by Crippen LogP contribution is 2.26. The van der Waals surface area contributed by atoms with Crippen molar-refractivity contribution in [2.75, 3.05) is 0 Å². The number of hydrogen-bond acceptors (Lipinski definition) is 2. The smallest absolute Gasteiger partial charge is 0.153 e. The molecular formula is C15H18N2O. The second-order valence-corrected chi connectivity index (χ2v) is 4.94. The van der Waals surface area contributed by atoms with Crippen molar-refractivity contribution in [1.82, 2.24) is 9.78 Å². The molecule has 2 aromatic rings. The molecule has 0 aliphatic heterocycles. The van der Waals surface area contributed by atoms with E-state index in [4.69, 9.17) is 0 Å². The summed E-state index contributed by atoms with van der Waals surface area (Å²) in [7, 11) is 0. The van der Waals surface area contributed by atoms with Crippen LogP contribution in [0.25, 0.3) is 11.3 Å². The lowest BCUT2D eigenvalue weighted by atomic mass is 10.0. The Morgan fingerprint density at radius 1 is 1.28 bits per heavy atom. The molecule has 1 heterocycles. The van der Waals surface area contributed by atoms with Crippen LogP contribution in [0.15, 0.2) is 24.4 Å². The van der Waals surface area contributed by atoms with E-state index in [-0.39, 0.29) is 6.04 Å². The highest BCUT2D eigenvalue weighted by atomic mass is 16.1. The summed E-state index contributed by atoms with van der Waals surface area (Å²) < 4.78 is 1.83. The molecule has 0 aliphatic carbocycles. The predicted molar refractivity (Wildman–Crippen MR) is 72.9 cm³/mol. The molecule has 94 valence electrons. The van der Waals surface area contributed by atoms with E-state index in [1.165, 1.54) is 5.56 Å². The molecule has 0 unspecified atom stereocenters. The lowest BCUT2D eigenvalue weighted by molar-refractivity contribution is 0.112. The first-order chi connectivity index (χ1) is 8.52. The monoisotopic (exact) mass is 242 g/mol. The van der Waals surface area contributed by atoms with Crippen LogP contribution in [0.5, 0.6) is 0 Å². The topological polar surface area (TPSA) is 34.9 Å². The van der Waals surface area contributed by atoms with Gasteiger partial charge in [0.2, 0.25) is 0 Å². The van der Waals surface area contributed by atoms with Crippen LogP contribution in [-0.2, 0) is 0 Å². The summed E-state index contributed by atoms with van der Waals surface area (Å²) >= 11 is 0. The van der Waals surface area contributed by atoms with E-state index in [0.29, 0.717) is 5.56 Å². The van der Waals surface area contributed by atoms with Gasteiger partial charge in [-0.25, -0.2) is 0 Å². The first kappa shape index (κ1) is 12.6. The zero-order valence-electron chi connectivity index (χ0n) is 11.3. The molecule has 0 radical (unpaired) electrons. The molecule has 0 spiro atoms. The molecule has 3 nitrogen and oxygen atoms in total.